The SMILES string of the molecule is CCCCC1=NC2(CCCC2)C(=O)N1Cc1ccn(SI)c1. The third-order valence-electron chi connectivity index (χ3n) is 4.63. The number of aromatic nitrogens is 1. The van der Waals surface area contributed by atoms with Gasteiger partial charge < -0.3 is 0 Å². The molecule has 6 heteroatoms. The summed E-state index contributed by atoms with van der Waals surface area (Å²) in [6.07, 6.45) is 11.4. The van der Waals surface area contributed by atoms with Crippen molar-refractivity contribution in [1.82, 2.24) is 8.87 Å². The third-order valence-corrected chi connectivity index (χ3v) is 6.38. The van der Waals surface area contributed by atoms with Gasteiger partial charge in [0.2, 0.25) is 0 Å². The van der Waals surface area contributed by atoms with E-state index in [9.17, 15) is 4.79 Å². The number of carbonyl (C=O) groups excluding carboxylic acids is 1. The predicted molar refractivity (Wildman–Crippen MR) is 100 cm³/mol. The van der Waals surface area contributed by atoms with Crippen LogP contribution in [0.1, 0.15) is 57.4 Å². The first-order valence-corrected chi connectivity index (χ1v) is 11.4. The molecule has 120 valence electrons. The average Bonchev–Trinajstić information content (AvgIpc) is 3.23. The molecule has 0 aromatic carbocycles. The summed E-state index contributed by atoms with van der Waals surface area (Å²) in [6, 6.07) is 2.09. The van der Waals surface area contributed by atoms with E-state index in [1.54, 1.807) is 9.12 Å². The van der Waals surface area contributed by atoms with Crippen molar-refractivity contribution in [2.75, 3.05) is 0 Å². The number of carbonyl (C=O) groups is 1. The molecule has 1 aliphatic heterocycles. The van der Waals surface area contributed by atoms with Gasteiger partial charge in [-0.25, -0.2) is 0 Å². The molecule has 1 amide bonds. The zero-order valence-corrected chi connectivity index (χ0v) is 15.9. The first-order chi connectivity index (χ1) is 10.7. The largest absolute Gasteiger partial charge is 0.294 e. The summed E-state index contributed by atoms with van der Waals surface area (Å²) >= 11 is 2.26. The predicted octanol–water partition coefficient (Wildman–Crippen LogP) is 4.58. The van der Waals surface area contributed by atoms with Gasteiger partial charge in [0.25, 0.3) is 5.91 Å². The number of rotatable bonds is 6. The zero-order chi connectivity index (χ0) is 15.6. The molecule has 1 aromatic rings. The van der Waals surface area contributed by atoms with E-state index in [1.165, 1.54) is 5.56 Å². The number of unbranched alkanes of at least 4 members (excludes halogenated alkanes) is 1. The molecule has 1 aliphatic carbocycles. The number of halogens is 1. The molecule has 4 nitrogen and oxygen atoms in total. The molecule has 1 saturated carbocycles. The van der Waals surface area contributed by atoms with Gasteiger partial charge in [-0.1, -0.05) is 26.2 Å². The normalized spacial score (nSPS) is 20.2. The Bertz CT molecular complexity index is 578. The lowest BCUT2D eigenvalue weighted by Gasteiger charge is -2.22. The first-order valence-electron chi connectivity index (χ1n) is 8.05. The van der Waals surface area contributed by atoms with Crippen molar-refractivity contribution in [2.45, 2.75) is 64.0 Å². The molecular weight excluding hydrogens is 409 g/mol. The van der Waals surface area contributed by atoms with Crippen LogP contribution in [0.15, 0.2) is 23.5 Å². The van der Waals surface area contributed by atoms with Gasteiger partial charge in [-0.2, -0.15) is 0 Å². The third kappa shape index (κ3) is 3.09. The summed E-state index contributed by atoms with van der Waals surface area (Å²) in [5.74, 6) is 1.26. The molecular formula is C16H22IN3OS. The Morgan fingerprint density at radius 3 is 2.82 bits per heavy atom. The molecule has 0 atom stereocenters. The lowest BCUT2D eigenvalue weighted by atomic mass is 9.98. The lowest BCUT2D eigenvalue weighted by molar-refractivity contribution is -0.131. The summed E-state index contributed by atoms with van der Waals surface area (Å²) in [7, 11) is 1.63. The second-order valence-corrected chi connectivity index (χ2v) is 7.95. The molecule has 0 saturated heterocycles. The van der Waals surface area contributed by atoms with Gasteiger partial charge in [0.05, 0.1) is 6.54 Å². The van der Waals surface area contributed by atoms with Crippen LogP contribution in [0.3, 0.4) is 0 Å². The van der Waals surface area contributed by atoms with Crippen molar-refractivity contribution in [3.8, 4) is 0 Å². The van der Waals surface area contributed by atoms with Crippen LogP contribution in [0, 0.1) is 0 Å². The molecule has 22 heavy (non-hydrogen) atoms. The number of hydrogen-bond acceptors (Lipinski definition) is 3. The summed E-state index contributed by atoms with van der Waals surface area (Å²) in [5.41, 5.74) is 0.765. The maximum atomic E-state index is 13.0. The molecule has 3 rings (SSSR count). The molecule has 2 heterocycles. The van der Waals surface area contributed by atoms with Crippen LogP contribution in [0.25, 0.3) is 0 Å². The highest BCUT2D eigenvalue weighted by atomic mass is 127. The topological polar surface area (TPSA) is 37.6 Å². The number of nitrogens with zero attached hydrogens (tertiary/aromatic N) is 3. The van der Waals surface area contributed by atoms with Gasteiger partial charge in [0, 0.05) is 49.1 Å². The van der Waals surface area contributed by atoms with Gasteiger partial charge >= 0.3 is 0 Å². The lowest BCUT2D eigenvalue weighted by Crippen LogP contribution is -2.40. The molecule has 0 radical (unpaired) electrons. The van der Waals surface area contributed by atoms with Crippen LogP contribution in [0.5, 0.6) is 0 Å². The smallest absolute Gasteiger partial charge is 0.256 e. The highest BCUT2D eigenvalue weighted by molar-refractivity contribution is 14.2. The van der Waals surface area contributed by atoms with E-state index < -0.39 is 5.54 Å². The van der Waals surface area contributed by atoms with Gasteiger partial charge in [-0.05, 0) is 30.9 Å². The summed E-state index contributed by atoms with van der Waals surface area (Å²) < 4.78 is 2.06. The summed E-state index contributed by atoms with van der Waals surface area (Å²) in [4.78, 5) is 19.9. The standard InChI is InChI=1S/C16H22IN3OS/c1-2-3-6-14-18-16(8-4-5-9-16)15(21)20(14)12-13-7-10-19(11-13)22-17/h7,10-11H,2-6,8-9,12H2,1H3. The number of hydrogen-bond donors (Lipinski definition) is 0. The molecule has 1 aromatic heterocycles. The molecule has 1 spiro atoms. The Labute approximate surface area is 148 Å². The Kier molecular flexibility index (Phi) is 5.17. The Morgan fingerprint density at radius 2 is 2.18 bits per heavy atom. The van der Waals surface area contributed by atoms with E-state index in [1.807, 2.05) is 11.1 Å². The van der Waals surface area contributed by atoms with E-state index in [0.29, 0.717) is 6.54 Å². The Hall–Kier alpha value is -0.500. The highest BCUT2D eigenvalue weighted by Crippen LogP contribution is 2.40. The maximum absolute atomic E-state index is 13.0. The van der Waals surface area contributed by atoms with Crippen molar-refractivity contribution >= 4 is 42.1 Å². The van der Waals surface area contributed by atoms with Gasteiger partial charge in [-0.15, -0.1) is 0 Å². The number of amides is 1. The minimum absolute atomic E-state index is 0.242. The van der Waals surface area contributed by atoms with Crippen molar-refractivity contribution in [3.05, 3.63) is 24.0 Å². The minimum Gasteiger partial charge on any atom is -0.294 e. The quantitative estimate of drug-likeness (QED) is 0.619. The summed E-state index contributed by atoms with van der Waals surface area (Å²) in [6.45, 7) is 2.85. The molecule has 1 fully saturated rings. The maximum Gasteiger partial charge on any atom is 0.256 e. The fourth-order valence-corrected chi connectivity index (χ4v) is 4.45. The summed E-state index contributed by atoms with van der Waals surface area (Å²) in [5, 5.41) is 0. The monoisotopic (exact) mass is 431 g/mol. The molecule has 0 N–H and O–H groups in total. The Balaban J connectivity index is 1.80. The van der Waals surface area contributed by atoms with E-state index in [2.05, 4.69) is 44.4 Å². The van der Waals surface area contributed by atoms with Crippen LogP contribution in [0.4, 0.5) is 0 Å². The fourth-order valence-electron chi connectivity index (χ4n) is 3.44. The first kappa shape index (κ1) is 16.4. The van der Waals surface area contributed by atoms with E-state index in [4.69, 9.17) is 4.99 Å². The van der Waals surface area contributed by atoms with Crippen LogP contribution in [-0.2, 0) is 11.3 Å². The van der Waals surface area contributed by atoms with E-state index in [-0.39, 0.29) is 5.91 Å². The number of aliphatic imine (C=N–C) groups is 1. The van der Waals surface area contributed by atoms with Crippen LogP contribution < -0.4 is 0 Å². The van der Waals surface area contributed by atoms with Crippen molar-refractivity contribution in [1.29, 1.82) is 0 Å². The van der Waals surface area contributed by atoms with Crippen LogP contribution >= 0.6 is 30.3 Å². The number of amidine groups is 1. The van der Waals surface area contributed by atoms with Gasteiger partial charge in [0.1, 0.15) is 11.4 Å². The minimum atomic E-state index is -0.413. The van der Waals surface area contributed by atoms with Gasteiger partial charge in [0.15, 0.2) is 0 Å². The molecule has 2 aliphatic rings. The van der Waals surface area contributed by atoms with Gasteiger partial charge in [-0.3, -0.25) is 18.7 Å². The van der Waals surface area contributed by atoms with Crippen molar-refractivity contribution in [3.63, 3.8) is 0 Å². The van der Waals surface area contributed by atoms with E-state index in [0.717, 1.165) is 50.8 Å². The highest BCUT2D eigenvalue weighted by Gasteiger charge is 2.49. The second-order valence-electron chi connectivity index (χ2n) is 6.21. The fraction of sp³-hybridized carbons (Fsp3) is 0.625. The Morgan fingerprint density at radius 1 is 1.41 bits per heavy atom. The molecule has 0 unspecified atom stereocenters. The van der Waals surface area contributed by atoms with Crippen molar-refractivity contribution in [2.24, 2.45) is 4.99 Å². The zero-order valence-electron chi connectivity index (χ0n) is 12.9. The average molecular weight is 431 g/mol. The second kappa shape index (κ2) is 6.95. The van der Waals surface area contributed by atoms with E-state index >= 15 is 0 Å². The van der Waals surface area contributed by atoms with Crippen molar-refractivity contribution < 1.29 is 4.79 Å². The van der Waals surface area contributed by atoms with Crippen LogP contribution in [-0.4, -0.2) is 26.2 Å². The molecule has 0 bridgehead atoms. The van der Waals surface area contributed by atoms with Crippen LogP contribution in [0.2, 0.25) is 0 Å².